The van der Waals surface area contributed by atoms with Crippen molar-refractivity contribution in [3.8, 4) is 0 Å². The number of H-pyrrole nitrogens is 1. The van der Waals surface area contributed by atoms with Crippen LogP contribution in [-0.4, -0.2) is 16.7 Å². The minimum Gasteiger partial charge on any atom is -0.394 e. The van der Waals surface area contributed by atoms with Crippen molar-refractivity contribution in [3.05, 3.63) is 23.8 Å². The Balaban J connectivity index is 2.82. The van der Waals surface area contributed by atoms with Crippen molar-refractivity contribution in [2.75, 3.05) is 6.61 Å². The molecule has 0 radical (unpaired) electrons. The Morgan fingerprint density at radius 3 is 2.90 bits per heavy atom. The first-order valence-electron chi connectivity index (χ1n) is 2.95. The number of hydrogen-bond acceptors (Lipinski definition) is 2. The minimum absolute atomic E-state index is 0.252. The van der Waals surface area contributed by atoms with Crippen LogP contribution in [0.5, 0.6) is 0 Å². The van der Waals surface area contributed by atoms with Crippen molar-refractivity contribution in [2.45, 2.75) is 6.04 Å². The normalized spacial score (nSPS) is 13.5. The minimum atomic E-state index is -0.644. The van der Waals surface area contributed by atoms with Crippen molar-refractivity contribution in [2.24, 2.45) is 5.73 Å². The SMILES string of the molecule is NC(CO)c1[nH]ccc1F. The Labute approximate surface area is 57.7 Å². The Bertz CT molecular complexity index is 211. The highest BCUT2D eigenvalue weighted by Gasteiger charge is 2.09. The molecule has 0 aromatic carbocycles. The molecule has 0 aliphatic carbocycles. The highest BCUT2D eigenvalue weighted by Crippen LogP contribution is 2.10. The standard InChI is InChI=1S/C6H9FN2O/c7-4-1-2-9-6(4)5(8)3-10/h1-2,5,9-10H,3,8H2. The molecule has 3 nitrogen and oxygen atoms in total. The van der Waals surface area contributed by atoms with Gasteiger partial charge in [-0.1, -0.05) is 0 Å². The van der Waals surface area contributed by atoms with Crippen LogP contribution in [0.4, 0.5) is 4.39 Å². The van der Waals surface area contributed by atoms with Crippen LogP contribution >= 0.6 is 0 Å². The van der Waals surface area contributed by atoms with Gasteiger partial charge >= 0.3 is 0 Å². The van der Waals surface area contributed by atoms with Gasteiger partial charge < -0.3 is 15.8 Å². The van der Waals surface area contributed by atoms with Gasteiger partial charge in [-0.05, 0) is 6.07 Å². The molecular weight excluding hydrogens is 135 g/mol. The van der Waals surface area contributed by atoms with Gasteiger partial charge in [-0.25, -0.2) is 4.39 Å². The van der Waals surface area contributed by atoms with Crippen molar-refractivity contribution < 1.29 is 9.50 Å². The molecule has 0 bridgehead atoms. The van der Waals surface area contributed by atoms with E-state index in [2.05, 4.69) is 4.98 Å². The lowest BCUT2D eigenvalue weighted by atomic mass is 10.2. The van der Waals surface area contributed by atoms with Crippen LogP contribution in [0, 0.1) is 5.82 Å². The first-order chi connectivity index (χ1) is 4.75. The molecule has 0 fully saturated rings. The maximum Gasteiger partial charge on any atom is 0.145 e. The van der Waals surface area contributed by atoms with Gasteiger partial charge in [-0.3, -0.25) is 0 Å². The molecule has 10 heavy (non-hydrogen) atoms. The lowest BCUT2D eigenvalue weighted by Crippen LogP contribution is -2.15. The van der Waals surface area contributed by atoms with Crippen LogP contribution in [0.25, 0.3) is 0 Å². The Morgan fingerprint density at radius 1 is 1.80 bits per heavy atom. The zero-order valence-electron chi connectivity index (χ0n) is 5.34. The molecule has 1 atom stereocenters. The van der Waals surface area contributed by atoms with E-state index in [1.807, 2.05) is 0 Å². The average Bonchev–Trinajstić information content (AvgIpc) is 2.34. The predicted molar refractivity (Wildman–Crippen MR) is 34.8 cm³/mol. The van der Waals surface area contributed by atoms with E-state index in [0.717, 1.165) is 0 Å². The third kappa shape index (κ3) is 1.17. The van der Waals surface area contributed by atoms with E-state index in [0.29, 0.717) is 0 Å². The summed E-state index contributed by atoms with van der Waals surface area (Å²) in [5.41, 5.74) is 5.57. The number of hydrogen-bond donors (Lipinski definition) is 3. The molecule has 4 N–H and O–H groups in total. The lowest BCUT2D eigenvalue weighted by Gasteiger charge is -2.04. The number of nitrogens with two attached hydrogens (primary N) is 1. The summed E-state index contributed by atoms with van der Waals surface area (Å²) in [6.45, 7) is -0.253. The van der Waals surface area contributed by atoms with Gasteiger partial charge in [0, 0.05) is 6.20 Å². The molecule has 1 heterocycles. The highest BCUT2D eigenvalue weighted by molar-refractivity contribution is 5.11. The fourth-order valence-corrected chi connectivity index (χ4v) is 0.739. The topological polar surface area (TPSA) is 62.0 Å². The van der Waals surface area contributed by atoms with E-state index in [-0.39, 0.29) is 12.3 Å². The summed E-state index contributed by atoms with van der Waals surface area (Å²) in [5.74, 6) is -0.401. The molecule has 1 aromatic rings. The molecule has 0 amide bonds. The molecule has 1 rings (SSSR count). The van der Waals surface area contributed by atoms with Crippen LogP contribution in [0.2, 0.25) is 0 Å². The van der Waals surface area contributed by atoms with Crippen molar-refractivity contribution >= 4 is 0 Å². The third-order valence-corrected chi connectivity index (χ3v) is 1.29. The Morgan fingerprint density at radius 2 is 2.50 bits per heavy atom. The number of aromatic amines is 1. The fourth-order valence-electron chi connectivity index (χ4n) is 0.739. The van der Waals surface area contributed by atoms with E-state index in [1.54, 1.807) is 0 Å². The summed E-state index contributed by atoms with van der Waals surface area (Å²) in [6.07, 6.45) is 1.44. The summed E-state index contributed by atoms with van der Waals surface area (Å²) in [4.78, 5) is 2.60. The number of rotatable bonds is 2. The van der Waals surface area contributed by atoms with Crippen LogP contribution in [0.15, 0.2) is 12.3 Å². The quantitative estimate of drug-likeness (QED) is 0.553. The van der Waals surface area contributed by atoms with Gasteiger partial charge in [0.1, 0.15) is 5.82 Å². The molecule has 0 saturated carbocycles. The van der Waals surface area contributed by atoms with Gasteiger partial charge in [0.05, 0.1) is 18.3 Å². The van der Waals surface area contributed by atoms with E-state index in [9.17, 15) is 4.39 Å². The summed E-state index contributed by atoms with van der Waals surface area (Å²) >= 11 is 0. The molecule has 0 spiro atoms. The van der Waals surface area contributed by atoms with Gasteiger partial charge in [0.2, 0.25) is 0 Å². The average molecular weight is 144 g/mol. The predicted octanol–water partition coefficient (Wildman–Crippen LogP) is 0.146. The second kappa shape index (κ2) is 2.81. The van der Waals surface area contributed by atoms with Crippen LogP contribution in [0.1, 0.15) is 11.7 Å². The molecule has 1 aromatic heterocycles. The smallest absolute Gasteiger partial charge is 0.145 e. The summed E-state index contributed by atoms with van der Waals surface area (Å²) in [7, 11) is 0. The number of aromatic nitrogens is 1. The van der Waals surface area contributed by atoms with Gasteiger partial charge in [-0.2, -0.15) is 0 Å². The maximum atomic E-state index is 12.6. The van der Waals surface area contributed by atoms with Crippen LogP contribution in [0.3, 0.4) is 0 Å². The number of nitrogens with one attached hydrogen (secondary N) is 1. The second-order valence-electron chi connectivity index (χ2n) is 2.03. The Kier molecular flexibility index (Phi) is 2.03. The van der Waals surface area contributed by atoms with E-state index < -0.39 is 11.9 Å². The molecule has 0 saturated heterocycles. The van der Waals surface area contributed by atoms with Crippen molar-refractivity contribution in [1.29, 1.82) is 0 Å². The Hall–Kier alpha value is -0.870. The molecular formula is C6H9FN2O. The zero-order valence-corrected chi connectivity index (χ0v) is 5.34. The second-order valence-corrected chi connectivity index (χ2v) is 2.03. The molecule has 0 aliphatic rings. The number of aliphatic hydroxyl groups excluding tert-OH is 1. The van der Waals surface area contributed by atoms with Gasteiger partial charge in [0.15, 0.2) is 0 Å². The molecule has 4 heteroatoms. The summed E-state index contributed by atoms with van der Waals surface area (Å²) in [6, 6.07) is 0.625. The highest BCUT2D eigenvalue weighted by atomic mass is 19.1. The van der Waals surface area contributed by atoms with Crippen molar-refractivity contribution in [3.63, 3.8) is 0 Å². The maximum absolute atomic E-state index is 12.6. The summed E-state index contributed by atoms with van der Waals surface area (Å²) < 4.78 is 12.6. The van der Waals surface area contributed by atoms with E-state index in [1.165, 1.54) is 12.3 Å². The molecule has 56 valence electrons. The zero-order chi connectivity index (χ0) is 7.56. The lowest BCUT2D eigenvalue weighted by molar-refractivity contribution is 0.263. The fraction of sp³-hybridized carbons (Fsp3) is 0.333. The third-order valence-electron chi connectivity index (χ3n) is 1.29. The van der Waals surface area contributed by atoms with Gasteiger partial charge in [0.25, 0.3) is 0 Å². The van der Waals surface area contributed by atoms with E-state index >= 15 is 0 Å². The molecule has 0 aliphatic heterocycles. The molecule has 1 unspecified atom stereocenters. The first kappa shape index (κ1) is 7.24. The monoisotopic (exact) mass is 144 g/mol. The van der Waals surface area contributed by atoms with Crippen LogP contribution in [-0.2, 0) is 0 Å². The largest absolute Gasteiger partial charge is 0.394 e. The summed E-state index contributed by atoms with van der Waals surface area (Å²) in [5, 5.41) is 8.52. The first-order valence-corrected chi connectivity index (χ1v) is 2.95. The van der Waals surface area contributed by atoms with Crippen LogP contribution < -0.4 is 5.73 Å². The van der Waals surface area contributed by atoms with E-state index in [4.69, 9.17) is 10.8 Å². The van der Waals surface area contributed by atoms with Gasteiger partial charge in [-0.15, -0.1) is 0 Å². The number of aliphatic hydroxyl groups is 1. The van der Waals surface area contributed by atoms with Crippen molar-refractivity contribution in [1.82, 2.24) is 4.98 Å². The number of halogens is 1.